The Morgan fingerprint density at radius 2 is 1.69 bits per heavy atom. The molecule has 0 saturated carbocycles. The van der Waals surface area contributed by atoms with Gasteiger partial charge in [-0.3, -0.25) is 0 Å². The number of aryl methyl sites for hydroxylation is 1. The van der Waals surface area contributed by atoms with E-state index in [0.717, 1.165) is 27.4 Å². The molecular weight excluding hydrogens is 387 g/mol. The van der Waals surface area contributed by atoms with Gasteiger partial charge in [0.25, 0.3) is 0 Å². The molecule has 0 radical (unpaired) electrons. The minimum atomic E-state index is -5.19. The largest absolute Gasteiger partial charge is 0.542 e. The van der Waals surface area contributed by atoms with Crippen molar-refractivity contribution in [2.45, 2.75) is 6.18 Å². The summed E-state index contributed by atoms with van der Waals surface area (Å²) in [7, 11) is 1.96. The summed E-state index contributed by atoms with van der Waals surface area (Å²) in [5.41, 5.74) is 3.00. The van der Waals surface area contributed by atoms with Gasteiger partial charge in [0, 0.05) is 12.1 Å². The lowest BCUT2D eigenvalue weighted by Crippen LogP contribution is -2.37. The fourth-order valence-electron chi connectivity index (χ4n) is 2.88. The van der Waals surface area contributed by atoms with E-state index in [1.807, 2.05) is 66.2 Å². The number of aromatic carboxylic acids is 1. The van der Waals surface area contributed by atoms with Gasteiger partial charge in [0.05, 0.1) is 16.3 Å². The molecule has 3 aromatic rings. The first-order chi connectivity index (χ1) is 13.6. The molecule has 150 valence electrons. The van der Waals surface area contributed by atoms with Gasteiger partial charge in [0.1, 0.15) is 13.0 Å². The van der Waals surface area contributed by atoms with Gasteiger partial charge >= 0.3 is 12.1 Å². The molecule has 0 amide bonds. The first-order valence-corrected chi connectivity index (χ1v) is 8.23. The van der Waals surface area contributed by atoms with Crippen molar-refractivity contribution < 1.29 is 37.5 Å². The molecule has 1 N–H and O–H groups in total. The molecule has 2 aromatic carbocycles. The number of carboxylic acids is 2. The molecule has 0 saturated heterocycles. The van der Waals surface area contributed by atoms with Crippen molar-refractivity contribution >= 4 is 39.8 Å². The molecule has 0 unspecified atom stereocenters. The zero-order chi connectivity index (χ0) is 21.8. The number of nitrogens with zero attached hydrogens (tertiary/aromatic N) is 1. The number of rotatable bonds is 3. The molecule has 0 aliphatic carbocycles. The SMILES string of the molecule is C=CC=Cc1cccc2c1c(C(=O)O)c1ccccc1[n+]2C.O=C([O-])C(F)(F)F. The summed E-state index contributed by atoms with van der Waals surface area (Å²) in [6, 6.07) is 13.4. The van der Waals surface area contributed by atoms with Crippen molar-refractivity contribution in [2.75, 3.05) is 0 Å². The van der Waals surface area contributed by atoms with Crippen LogP contribution in [0.2, 0.25) is 0 Å². The van der Waals surface area contributed by atoms with E-state index in [4.69, 9.17) is 9.90 Å². The number of carboxylic acid groups (broad SMARTS) is 2. The molecule has 1 heterocycles. The van der Waals surface area contributed by atoms with Crippen LogP contribution in [0.15, 0.2) is 61.2 Å². The van der Waals surface area contributed by atoms with E-state index in [1.54, 1.807) is 6.08 Å². The van der Waals surface area contributed by atoms with Gasteiger partial charge in [-0.2, -0.15) is 17.7 Å². The first kappa shape index (κ1) is 21.6. The van der Waals surface area contributed by atoms with Crippen molar-refractivity contribution in [3.8, 4) is 0 Å². The molecule has 29 heavy (non-hydrogen) atoms. The molecular formula is C21H16F3NO4. The molecule has 0 bridgehead atoms. The zero-order valence-electron chi connectivity index (χ0n) is 15.2. The van der Waals surface area contributed by atoms with Gasteiger partial charge in [-0.05, 0) is 11.6 Å². The summed E-state index contributed by atoms with van der Waals surface area (Å²) in [4.78, 5) is 20.7. The second-order valence-corrected chi connectivity index (χ2v) is 5.88. The van der Waals surface area contributed by atoms with Gasteiger partial charge in [0.2, 0.25) is 11.0 Å². The highest BCUT2D eigenvalue weighted by Crippen LogP contribution is 2.28. The summed E-state index contributed by atoms with van der Waals surface area (Å²) in [5.74, 6) is -3.92. The Labute approximate surface area is 163 Å². The molecule has 3 rings (SSSR count). The van der Waals surface area contributed by atoms with E-state index in [0.29, 0.717) is 5.56 Å². The Bertz CT molecular complexity index is 1130. The summed E-state index contributed by atoms with van der Waals surface area (Å²) in [6.07, 6.45) is 0.187. The Morgan fingerprint density at radius 1 is 1.10 bits per heavy atom. The second-order valence-electron chi connectivity index (χ2n) is 5.88. The third-order valence-corrected chi connectivity index (χ3v) is 4.08. The number of fused-ring (bicyclic) bond motifs is 2. The van der Waals surface area contributed by atoms with Crippen molar-refractivity contribution in [1.29, 1.82) is 0 Å². The Balaban J connectivity index is 0.000000370. The van der Waals surface area contributed by atoms with Gasteiger partial charge < -0.3 is 15.0 Å². The Kier molecular flexibility index (Phi) is 6.38. The van der Waals surface area contributed by atoms with Gasteiger partial charge in [-0.1, -0.05) is 49.1 Å². The van der Waals surface area contributed by atoms with Gasteiger partial charge in [-0.15, -0.1) is 0 Å². The summed E-state index contributed by atoms with van der Waals surface area (Å²) >= 11 is 0. The molecule has 8 heteroatoms. The average molecular weight is 403 g/mol. The molecule has 0 fully saturated rings. The minimum Gasteiger partial charge on any atom is -0.542 e. The van der Waals surface area contributed by atoms with Crippen LogP contribution in [0, 0.1) is 0 Å². The number of aromatic nitrogens is 1. The van der Waals surface area contributed by atoms with Crippen molar-refractivity contribution in [3.05, 3.63) is 72.3 Å². The lowest BCUT2D eigenvalue weighted by Gasteiger charge is -2.09. The van der Waals surface area contributed by atoms with Crippen LogP contribution in [0.4, 0.5) is 13.2 Å². The smallest absolute Gasteiger partial charge is 0.430 e. The third kappa shape index (κ3) is 4.60. The van der Waals surface area contributed by atoms with Crippen LogP contribution >= 0.6 is 0 Å². The number of pyridine rings is 1. The zero-order valence-corrected chi connectivity index (χ0v) is 15.2. The topological polar surface area (TPSA) is 81.3 Å². The van der Waals surface area contributed by atoms with E-state index >= 15 is 0 Å². The number of hydrogen-bond acceptors (Lipinski definition) is 3. The number of aliphatic carboxylic acids is 1. The van der Waals surface area contributed by atoms with Crippen LogP contribution in [-0.2, 0) is 11.8 Å². The van der Waals surface area contributed by atoms with Gasteiger partial charge in [-0.25, -0.2) is 4.79 Å². The number of para-hydroxylation sites is 1. The Hall–Kier alpha value is -3.68. The molecule has 0 aliphatic rings. The van der Waals surface area contributed by atoms with Crippen LogP contribution in [0.5, 0.6) is 0 Å². The van der Waals surface area contributed by atoms with Gasteiger partial charge in [0.15, 0.2) is 0 Å². The van der Waals surface area contributed by atoms with Crippen molar-refractivity contribution in [3.63, 3.8) is 0 Å². The normalized spacial score (nSPS) is 11.3. The highest BCUT2D eigenvalue weighted by molar-refractivity contribution is 6.14. The predicted molar refractivity (Wildman–Crippen MR) is 99.9 cm³/mol. The van der Waals surface area contributed by atoms with Crippen LogP contribution in [-0.4, -0.2) is 23.2 Å². The average Bonchev–Trinajstić information content (AvgIpc) is 2.66. The van der Waals surface area contributed by atoms with E-state index in [1.165, 1.54) is 0 Å². The monoisotopic (exact) mass is 403 g/mol. The minimum absolute atomic E-state index is 0.341. The highest BCUT2D eigenvalue weighted by atomic mass is 19.4. The lowest BCUT2D eigenvalue weighted by atomic mass is 9.97. The maximum atomic E-state index is 11.9. The summed E-state index contributed by atoms with van der Waals surface area (Å²) in [5, 5.41) is 20.0. The molecule has 0 spiro atoms. The molecule has 5 nitrogen and oxygen atoms in total. The fourth-order valence-corrected chi connectivity index (χ4v) is 2.88. The number of benzene rings is 2. The van der Waals surface area contributed by atoms with Crippen molar-refractivity contribution in [2.24, 2.45) is 7.05 Å². The molecule has 0 atom stereocenters. The van der Waals surface area contributed by atoms with E-state index < -0.39 is 18.1 Å². The standard InChI is InChI=1S/C19H15NO2.C2HF3O2/c1-3-4-8-13-9-7-12-16-17(13)18(19(21)22)14-10-5-6-11-15(14)20(16)2;3-2(4,5)1(6)7/h3-12H,1H2,2H3;(H,6,7). The molecule has 1 aromatic heterocycles. The quantitative estimate of drug-likeness (QED) is 0.414. The molecule has 0 aliphatic heterocycles. The van der Waals surface area contributed by atoms with E-state index in [-0.39, 0.29) is 0 Å². The number of alkyl halides is 3. The highest BCUT2D eigenvalue weighted by Gasteiger charge is 2.28. The number of carbonyl (C=O) groups excluding carboxylic acids is 1. The number of carbonyl (C=O) groups is 2. The van der Waals surface area contributed by atoms with Crippen LogP contribution in [0.3, 0.4) is 0 Å². The summed E-state index contributed by atoms with van der Waals surface area (Å²) in [6.45, 7) is 3.67. The van der Waals surface area contributed by atoms with E-state index in [2.05, 4.69) is 6.58 Å². The maximum absolute atomic E-state index is 11.9. The predicted octanol–water partition coefficient (Wildman–Crippen LogP) is 3.01. The van der Waals surface area contributed by atoms with Crippen LogP contribution in [0.1, 0.15) is 15.9 Å². The maximum Gasteiger partial charge on any atom is 0.430 e. The van der Waals surface area contributed by atoms with Crippen LogP contribution < -0.4 is 9.67 Å². The third-order valence-electron chi connectivity index (χ3n) is 4.08. The lowest BCUT2D eigenvalue weighted by molar-refractivity contribution is -0.617. The first-order valence-electron chi connectivity index (χ1n) is 8.23. The fraction of sp³-hybridized carbons (Fsp3) is 0.0952. The number of halogens is 3. The van der Waals surface area contributed by atoms with E-state index in [9.17, 15) is 23.1 Å². The van der Waals surface area contributed by atoms with Crippen molar-refractivity contribution in [1.82, 2.24) is 0 Å². The summed E-state index contributed by atoms with van der Waals surface area (Å²) < 4.78 is 33.6. The Morgan fingerprint density at radius 3 is 2.24 bits per heavy atom. The number of allylic oxidation sites excluding steroid dienone is 2. The number of hydrogen-bond donors (Lipinski definition) is 1. The second kappa shape index (κ2) is 8.55. The van der Waals surface area contributed by atoms with Crippen LogP contribution in [0.25, 0.3) is 27.9 Å².